The highest BCUT2D eigenvalue weighted by Crippen LogP contribution is 2.28. The van der Waals surface area contributed by atoms with E-state index in [4.69, 9.17) is 0 Å². The molecule has 1 N–H and O–H groups in total. The van der Waals surface area contributed by atoms with Crippen molar-refractivity contribution >= 4 is 11.8 Å². The first kappa shape index (κ1) is 13.1. The Balaban J connectivity index is 2.16. The molecule has 1 heterocycles. The summed E-state index contributed by atoms with van der Waals surface area (Å²) in [7, 11) is 1.95. The van der Waals surface area contributed by atoms with Crippen LogP contribution in [-0.2, 0) is 6.54 Å². The minimum atomic E-state index is 0.864. The zero-order valence-corrected chi connectivity index (χ0v) is 11.8. The van der Waals surface area contributed by atoms with E-state index in [0.29, 0.717) is 0 Å². The fraction of sp³-hybridized carbons (Fsp3) is 0.267. The second-order valence-electron chi connectivity index (χ2n) is 4.41. The van der Waals surface area contributed by atoms with Gasteiger partial charge in [-0.2, -0.15) is 0 Å². The molecule has 0 bridgehead atoms. The van der Waals surface area contributed by atoms with E-state index in [9.17, 15) is 0 Å². The molecule has 2 nitrogen and oxygen atoms in total. The summed E-state index contributed by atoms with van der Waals surface area (Å²) in [4.78, 5) is 5.77. The minimum Gasteiger partial charge on any atom is -0.316 e. The lowest BCUT2D eigenvalue weighted by atomic mass is 10.2. The molecule has 1 aromatic heterocycles. The van der Waals surface area contributed by atoms with Gasteiger partial charge < -0.3 is 5.32 Å². The molecule has 0 spiro atoms. The minimum absolute atomic E-state index is 0.864. The van der Waals surface area contributed by atoms with Gasteiger partial charge in [-0.05, 0) is 44.2 Å². The Kier molecular flexibility index (Phi) is 4.39. The highest BCUT2D eigenvalue weighted by atomic mass is 32.2. The molecule has 0 saturated heterocycles. The van der Waals surface area contributed by atoms with E-state index in [-0.39, 0.29) is 0 Å². The lowest BCUT2D eigenvalue weighted by Crippen LogP contribution is -2.05. The molecular formula is C15H18N2S. The average molecular weight is 258 g/mol. The average Bonchev–Trinajstić information content (AvgIpc) is 2.36. The Morgan fingerprint density at radius 3 is 2.50 bits per heavy atom. The van der Waals surface area contributed by atoms with E-state index < -0.39 is 0 Å². The Morgan fingerprint density at radius 2 is 1.89 bits per heavy atom. The van der Waals surface area contributed by atoms with E-state index in [0.717, 1.165) is 11.6 Å². The third-order valence-corrected chi connectivity index (χ3v) is 3.83. The smallest absolute Gasteiger partial charge is 0.104 e. The Labute approximate surface area is 113 Å². The largest absolute Gasteiger partial charge is 0.316 e. The SMILES string of the molecule is CNCc1cnc(Sc2ccc(C)cc2)c(C)c1. The molecule has 2 rings (SSSR count). The van der Waals surface area contributed by atoms with Crippen molar-refractivity contribution in [3.63, 3.8) is 0 Å². The fourth-order valence-corrected chi connectivity index (χ4v) is 2.57. The molecule has 0 amide bonds. The third kappa shape index (κ3) is 3.34. The van der Waals surface area contributed by atoms with Crippen LogP contribution in [0.3, 0.4) is 0 Å². The van der Waals surface area contributed by atoms with Crippen LogP contribution in [0.25, 0.3) is 0 Å². The molecule has 0 fully saturated rings. The quantitative estimate of drug-likeness (QED) is 0.907. The van der Waals surface area contributed by atoms with E-state index in [2.05, 4.69) is 54.5 Å². The van der Waals surface area contributed by atoms with E-state index in [1.54, 1.807) is 11.8 Å². The zero-order chi connectivity index (χ0) is 13.0. The second kappa shape index (κ2) is 6.03. The van der Waals surface area contributed by atoms with Gasteiger partial charge in [0, 0.05) is 17.6 Å². The maximum atomic E-state index is 4.54. The van der Waals surface area contributed by atoms with Crippen LogP contribution >= 0.6 is 11.8 Å². The molecule has 18 heavy (non-hydrogen) atoms. The highest BCUT2D eigenvalue weighted by molar-refractivity contribution is 7.99. The number of nitrogens with one attached hydrogen (secondary N) is 1. The normalized spacial score (nSPS) is 10.6. The number of aryl methyl sites for hydroxylation is 2. The van der Waals surface area contributed by atoms with E-state index in [1.165, 1.54) is 21.6 Å². The van der Waals surface area contributed by atoms with Crippen molar-refractivity contribution < 1.29 is 0 Å². The molecule has 2 aromatic rings. The first-order valence-corrected chi connectivity index (χ1v) is 6.85. The van der Waals surface area contributed by atoms with Crippen LogP contribution in [0.2, 0.25) is 0 Å². The fourth-order valence-electron chi connectivity index (χ4n) is 1.75. The van der Waals surface area contributed by atoms with Gasteiger partial charge in [0.05, 0.1) is 0 Å². The highest BCUT2D eigenvalue weighted by Gasteiger charge is 2.04. The van der Waals surface area contributed by atoms with Crippen LogP contribution in [0.5, 0.6) is 0 Å². The van der Waals surface area contributed by atoms with Crippen molar-refractivity contribution in [1.82, 2.24) is 10.3 Å². The van der Waals surface area contributed by atoms with Crippen molar-refractivity contribution in [1.29, 1.82) is 0 Å². The summed E-state index contributed by atoms with van der Waals surface area (Å²) in [6, 6.07) is 10.7. The van der Waals surface area contributed by atoms with Gasteiger partial charge in [0.25, 0.3) is 0 Å². The second-order valence-corrected chi connectivity index (χ2v) is 5.47. The number of hydrogen-bond donors (Lipinski definition) is 1. The third-order valence-electron chi connectivity index (χ3n) is 2.70. The van der Waals surface area contributed by atoms with Crippen molar-refractivity contribution in [2.75, 3.05) is 7.05 Å². The molecule has 3 heteroatoms. The molecule has 0 aliphatic rings. The molecular weight excluding hydrogens is 240 g/mol. The predicted molar refractivity (Wildman–Crippen MR) is 77.0 cm³/mol. The van der Waals surface area contributed by atoms with Gasteiger partial charge in [-0.25, -0.2) is 4.98 Å². The van der Waals surface area contributed by atoms with Crippen LogP contribution < -0.4 is 5.32 Å². The van der Waals surface area contributed by atoms with E-state index in [1.807, 2.05) is 13.2 Å². The van der Waals surface area contributed by atoms with Gasteiger partial charge in [-0.1, -0.05) is 35.5 Å². The molecule has 0 aliphatic carbocycles. The molecule has 0 atom stereocenters. The summed E-state index contributed by atoms with van der Waals surface area (Å²) in [6.07, 6.45) is 1.94. The molecule has 94 valence electrons. The van der Waals surface area contributed by atoms with Crippen LogP contribution in [-0.4, -0.2) is 12.0 Å². The van der Waals surface area contributed by atoms with Crippen molar-refractivity contribution in [3.8, 4) is 0 Å². The maximum absolute atomic E-state index is 4.54. The topological polar surface area (TPSA) is 24.9 Å². The Bertz CT molecular complexity index is 521. The Morgan fingerprint density at radius 1 is 1.17 bits per heavy atom. The number of nitrogens with zero attached hydrogens (tertiary/aromatic N) is 1. The predicted octanol–water partition coefficient (Wildman–Crippen LogP) is 3.57. The first-order valence-electron chi connectivity index (χ1n) is 6.03. The maximum Gasteiger partial charge on any atom is 0.104 e. The van der Waals surface area contributed by atoms with Crippen molar-refractivity contribution in [3.05, 3.63) is 53.2 Å². The summed E-state index contributed by atoms with van der Waals surface area (Å²) in [5, 5.41) is 4.22. The van der Waals surface area contributed by atoms with Gasteiger partial charge in [-0.3, -0.25) is 0 Å². The van der Waals surface area contributed by atoms with Gasteiger partial charge in [0.15, 0.2) is 0 Å². The zero-order valence-electron chi connectivity index (χ0n) is 11.0. The summed E-state index contributed by atoms with van der Waals surface area (Å²) < 4.78 is 0. The van der Waals surface area contributed by atoms with Gasteiger partial charge in [0.2, 0.25) is 0 Å². The molecule has 1 aromatic carbocycles. The molecule has 0 saturated carbocycles. The standard InChI is InChI=1S/C15H18N2S/c1-11-4-6-14(7-5-11)18-15-12(2)8-13(9-16-3)10-17-15/h4-8,10,16H,9H2,1-3H3. The van der Waals surface area contributed by atoms with E-state index >= 15 is 0 Å². The van der Waals surface area contributed by atoms with Crippen molar-refractivity contribution in [2.45, 2.75) is 30.3 Å². The summed E-state index contributed by atoms with van der Waals surface area (Å²) in [5.41, 5.74) is 3.74. The van der Waals surface area contributed by atoms with Gasteiger partial charge in [0.1, 0.15) is 5.03 Å². The van der Waals surface area contributed by atoms with Crippen LogP contribution in [0.1, 0.15) is 16.7 Å². The van der Waals surface area contributed by atoms with Gasteiger partial charge >= 0.3 is 0 Å². The summed E-state index contributed by atoms with van der Waals surface area (Å²) >= 11 is 1.72. The van der Waals surface area contributed by atoms with Gasteiger partial charge in [-0.15, -0.1) is 0 Å². The number of pyridine rings is 1. The number of benzene rings is 1. The first-order chi connectivity index (χ1) is 8.69. The number of rotatable bonds is 4. The molecule has 0 unspecified atom stereocenters. The summed E-state index contributed by atoms with van der Waals surface area (Å²) in [5.74, 6) is 0. The lowest BCUT2D eigenvalue weighted by Gasteiger charge is -2.07. The Hall–Kier alpha value is -1.32. The lowest BCUT2D eigenvalue weighted by molar-refractivity contribution is 0.807. The van der Waals surface area contributed by atoms with Crippen LogP contribution in [0.4, 0.5) is 0 Å². The number of hydrogen-bond acceptors (Lipinski definition) is 3. The molecule has 0 radical (unpaired) electrons. The summed E-state index contributed by atoms with van der Waals surface area (Å²) in [6.45, 7) is 5.08. The molecule has 0 aliphatic heterocycles. The van der Waals surface area contributed by atoms with Crippen LogP contribution in [0.15, 0.2) is 46.5 Å². The van der Waals surface area contributed by atoms with Crippen molar-refractivity contribution in [2.24, 2.45) is 0 Å². The number of aromatic nitrogens is 1. The monoisotopic (exact) mass is 258 g/mol. The van der Waals surface area contributed by atoms with Crippen LogP contribution in [0, 0.1) is 13.8 Å².